The van der Waals surface area contributed by atoms with Crippen molar-refractivity contribution < 1.29 is 9.66 Å². The number of ether oxygens (including phenoxy) is 1. The van der Waals surface area contributed by atoms with Gasteiger partial charge in [-0.3, -0.25) is 20.0 Å². The lowest BCUT2D eigenvalue weighted by molar-refractivity contribution is -0.384. The summed E-state index contributed by atoms with van der Waals surface area (Å²) in [6.07, 6.45) is 1.67. The molecule has 1 N–H and O–H groups in total. The highest BCUT2D eigenvalue weighted by Gasteiger charge is 2.23. The summed E-state index contributed by atoms with van der Waals surface area (Å²) in [5.41, 5.74) is 3.19. The first-order valence-electron chi connectivity index (χ1n) is 11.9. The summed E-state index contributed by atoms with van der Waals surface area (Å²) in [5, 5.41) is 24.9. The fourth-order valence-electron chi connectivity index (χ4n) is 4.72. The van der Waals surface area contributed by atoms with E-state index in [9.17, 15) is 14.9 Å². The Morgan fingerprint density at radius 2 is 1.74 bits per heavy atom. The van der Waals surface area contributed by atoms with Crippen LogP contribution in [0.3, 0.4) is 0 Å². The second kappa shape index (κ2) is 9.84. The Labute approximate surface area is 224 Å². The Hall–Kier alpha value is -4.35. The number of H-pyrrole nitrogens is 1. The van der Waals surface area contributed by atoms with Crippen LogP contribution in [0.4, 0.5) is 11.4 Å². The van der Waals surface area contributed by atoms with Gasteiger partial charge in [-0.1, -0.05) is 34.1 Å². The summed E-state index contributed by atoms with van der Waals surface area (Å²) in [7, 11) is 0. The van der Waals surface area contributed by atoms with Crippen LogP contribution in [0.1, 0.15) is 0 Å². The molecule has 2 aromatic heterocycles. The molecule has 0 amide bonds. The maximum Gasteiger partial charge on any atom is 0.295 e. The zero-order valence-corrected chi connectivity index (χ0v) is 21.6. The Bertz CT molecular complexity index is 1730. The number of anilines is 1. The number of halogens is 1. The van der Waals surface area contributed by atoms with Crippen molar-refractivity contribution in [1.29, 1.82) is 0 Å². The van der Waals surface area contributed by atoms with E-state index < -0.39 is 10.5 Å². The molecule has 6 rings (SSSR count). The molecule has 0 saturated carbocycles. The molecule has 1 aliphatic rings. The van der Waals surface area contributed by atoms with Gasteiger partial charge < -0.3 is 9.64 Å². The molecular formula is C27H21BrN6O4. The number of nitrogens with zero attached hydrogens (tertiary/aromatic N) is 5. The van der Waals surface area contributed by atoms with Gasteiger partial charge in [0.2, 0.25) is 0 Å². The molecule has 0 atom stereocenters. The number of aromatic nitrogens is 4. The van der Waals surface area contributed by atoms with Gasteiger partial charge in [-0.2, -0.15) is 14.9 Å². The standard InChI is InChI=1S/C27H21BrN6O4/c28-19-14-17(23-7-8-29-30-23)13-18(15-19)26-21-3-1-2-4-22(21)27(35)33(31-26)25-16-20(5-6-24(25)34(36)37)32-9-11-38-12-10-32/h1-8,13-16H,9-12H2,(H,29,30). The molecule has 38 heavy (non-hydrogen) atoms. The van der Waals surface area contributed by atoms with Gasteiger partial charge in [-0.05, 0) is 42.5 Å². The maximum absolute atomic E-state index is 13.7. The first-order chi connectivity index (χ1) is 18.5. The molecule has 1 fully saturated rings. The van der Waals surface area contributed by atoms with E-state index in [2.05, 4.69) is 31.0 Å². The number of hydrogen-bond donors (Lipinski definition) is 1. The SMILES string of the molecule is O=c1c2ccccc2c(-c2cc(Br)cc(-c3ccn[nH]3)c2)nn1-c1cc(N2CCOCC2)ccc1[N+](=O)[O-]. The van der Waals surface area contributed by atoms with Crippen molar-refractivity contribution in [3.05, 3.63) is 97.9 Å². The zero-order chi connectivity index (χ0) is 26.2. The molecule has 190 valence electrons. The van der Waals surface area contributed by atoms with Crippen molar-refractivity contribution in [2.45, 2.75) is 0 Å². The van der Waals surface area contributed by atoms with Crippen LogP contribution in [0, 0.1) is 10.1 Å². The Morgan fingerprint density at radius 1 is 0.974 bits per heavy atom. The highest BCUT2D eigenvalue weighted by Crippen LogP contribution is 2.33. The van der Waals surface area contributed by atoms with E-state index in [4.69, 9.17) is 9.84 Å². The number of hydrogen-bond acceptors (Lipinski definition) is 7. The third-order valence-electron chi connectivity index (χ3n) is 6.55. The van der Waals surface area contributed by atoms with Crippen molar-refractivity contribution in [3.8, 4) is 28.2 Å². The van der Waals surface area contributed by atoms with Crippen LogP contribution in [0.25, 0.3) is 39.0 Å². The second-order valence-electron chi connectivity index (χ2n) is 8.84. The van der Waals surface area contributed by atoms with E-state index in [-0.39, 0.29) is 11.4 Å². The van der Waals surface area contributed by atoms with E-state index in [1.54, 1.807) is 30.5 Å². The van der Waals surface area contributed by atoms with Gasteiger partial charge in [-0.15, -0.1) is 0 Å². The normalized spacial score (nSPS) is 13.7. The van der Waals surface area contributed by atoms with E-state index >= 15 is 0 Å². The summed E-state index contributed by atoms with van der Waals surface area (Å²) >= 11 is 3.59. The third kappa shape index (κ3) is 4.35. The van der Waals surface area contributed by atoms with E-state index in [1.807, 2.05) is 36.4 Å². The molecule has 10 nitrogen and oxygen atoms in total. The number of nitrogens with one attached hydrogen (secondary N) is 1. The number of aromatic amines is 1. The first kappa shape index (κ1) is 24.0. The van der Waals surface area contributed by atoms with Crippen molar-refractivity contribution >= 4 is 38.1 Å². The summed E-state index contributed by atoms with van der Waals surface area (Å²) < 4.78 is 7.41. The van der Waals surface area contributed by atoms with Crippen LogP contribution in [-0.2, 0) is 4.74 Å². The van der Waals surface area contributed by atoms with Crippen LogP contribution in [-0.4, -0.2) is 51.2 Å². The van der Waals surface area contributed by atoms with Crippen LogP contribution >= 0.6 is 15.9 Å². The van der Waals surface area contributed by atoms with E-state index in [0.29, 0.717) is 42.8 Å². The molecule has 1 saturated heterocycles. The van der Waals surface area contributed by atoms with Crippen LogP contribution in [0.2, 0.25) is 0 Å². The summed E-state index contributed by atoms with van der Waals surface area (Å²) in [6.45, 7) is 2.42. The number of nitro groups is 1. The van der Waals surface area contributed by atoms with Gasteiger partial charge in [0.1, 0.15) is 5.69 Å². The molecular weight excluding hydrogens is 552 g/mol. The van der Waals surface area contributed by atoms with Crippen LogP contribution < -0.4 is 10.5 Å². The van der Waals surface area contributed by atoms with Gasteiger partial charge in [0.25, 0.3) is 11.2 Å². The summed E-state index contributed by atoms with van der Waals surface area (Å²) in [5.74, 6) is 0. The number of fused-ring (bicyclic) bond motifs is 1. The number of rotatable bonds is 5. The lowest BCUT2D eigenvalue weighted by Gasteiger charge is -2.29. The largest absolute Gasteiger partial charge is 0.378 e. The average molecular weight is 573 g/mol. The third-order valence-corrected chi connectivity index (χ3v) is 7.01. The van der Waals surface area contributed by atoms with E-state index in [1.165, 1.54) is 6.07 Å². The first-order valence-corrected chi connectivity index (χ1v) is 12.7. The number of nitro benzene ring substituents is 1. The number of benzene rings is 3. The molecule has 0 radical (unpaired) electrons. The predicted molar refractivity (Wildman–Crippen MR) is 148 cm³/mol. The summed E-state index contributed by atoms with van der Waals surface area (Å²) in [6, 6.07) is 19.6. The Morgan fingerprint density at radius 3 is 2.47 bits per heavy atom. The highest BCUT2D eigenvalue weighted by molar-refractivity contribution is 9.10. The number of morpholine rings is 1. The molecule has 3 heterocycles. The van der Waals surface area contributed by atoms with Crippen molar-refractivity contribution in [3.63, 3.8) is 0 Å². The van der Waals surface area contributed by atoms with E-state index in [0.717, 1.165) is 31.7 Å². The molecule has 0 aliphatic carbocycles. The summed E-state index contributed by atoms with van der Waals surface area (Å²) in [4.78, 5) is 27.4. The molecule has 0 spiro atoms. The molecule has 1 aliphatic heterocycles. The topological polar surface area (TPSA) is 119 Å². The quantitative estimate of drug-likeness (QED) is 0.234. The Kier molecular flexibility index (Phi) is 6.22. The molecule has 3 aromatic carbocycles. The van der Waals surface area contributed by atoms with Gasteiger partial charge in [-0.25, -0.2) is 0 Å². The van der Waals surface area contributed by atoms with Gasteiger partial charge in [0, 0.05) is 52.0 Å². The minimum Gasteiger partial charge on any atom is -0.378 e. The van der Waals surface area contributed by atoms with Gasteiger partial charge in [0.05, 0.1) is 34.9 Å². The fraction of sp³-hybridized carbons (Fsp3) is 0.148. The Balaban J connectivity index is 1.61. The van der Waals surface area contributed by atoms with Crippen molar-refractivity contribution in [2.75, 3.05) is 31.2 Å². The molecule has 0 unspecified atom stereocenters. The van der Waals surface area contributed by atoms with Crippen molar-refractivity contribution in [1.82, 2.24) is 20.0 Å². The van der Waals surface area contributed by atoms with Crippen LogP contribution in [0.15, 0.2) is 82.2 Å². The maximum atomic E-state index is 13.7. The minimum absolute atomic E-state index is 0.111. The fourth-order valence-corrected chi connectivity index (χ4v) is 5.21. The van der Waals surface area contributed by atoms with Crippen molar-refractivity contribution in [2.24, 2.45) is 0 Å². The minimum atomic E-state index is -0.489. The lowest BCUT2D eigenvalue weighted by Crippen LogP contribution is -2.36. The predicted octanol–water partition coefficient (Wildman–Crippen LogP) is 4.95. The second-order valence-corrected chi connectivity index (χ2v) is 9.76. The lowest BCUT2D eigenvalue weighted by atomic mass is 10.0. The van der Waals surface area contributed by atoms with Crippen LogP contribution in [0.5, 0.6) is 0 Å². The highest BCUT2D eigenvalue weighted by atomic mass is 79.9. The average Bonchev–Trinajstić information content (AvgIpc) is 3.49. The smallest absolute Gasteiger partial charge is 0.295 e. The van der Waals surface area contributed by atoms with Gasteiger partial charge >= 0.3 is 0 Å². The molecule has 5 aromatic rings. The zero-order valence-electron chi connectivity index (χ0n) is 20.0. The van der Waals surface area contributed by atoms with Gasteiger partial charge in [0.15, 0.2) is 0 Å². The molecule has 0 bridgehead atoms. The molecule has 11 heteroatoms. The monoisotopic (exact) mass is 572 g/mol.